The summed E-state index contributed by atoms with van der Waals surface area (Å²) < 4.78 is 2.28. The minimum atomic E-state index is -0.0300. The van der Waals surface area contributed by atoms with Crippen LogP contribution in [0, 0.1) is 0 Å². The van der Waals surface area contributed by atoms with E-state index in [2.05, 4.69) is 32.0 Å². The molecule has 1 unspecified atom stereocenters. The lowest BCUT2D eigenvalue weighted by Gasteiger charge is -2.23. The monoisotopic (exact) mass is 346 g/mol. The number of anilines is 1. The number of likely N-dealkylation sites (tertiary alicyclic amines) is 1. The summed E-state index contributed by atoms with van der Waals surface area (Å²) in [6.07, 6.45) is 6.88. The predicted octanol–water partition coefficient (Wildman–Crippen LogP) is 1.93. The number of carbonyl (C=O) groups excluding carboxylic acids is 1. The molecule has 1 aliphatic carbocycles. The third-order valence-electron chi connectivity index (χ3n) is 5.02. The molecule has 7 nitrogen and oxygen atoms in total. The van der Waals surface area contributed by atoms with Crippen LogP contribution < -0.4 is 5.32 Å². The molecule has 24 heavy (non-hydrogen) atoms. The van der Waals surface area contributed by atoms with E-state index in [1.807, 2.05) is 0 Å². The van der Waals surface area contributed by atoms with Crippen LogP contribution in [-0.2, 0) is 24.7 Å². The molecule has 2 aliphatic rings. The van der Waals surface area contributed by atoms with Gasteiger partial charge in [0.25, 0.3) is 0 Å². The zero-order valence-electron chi connectivity index (χ0n) is 13.9. The fourth-order valence-corrected chi connectivity index (χ4v) is 4.34. The summed E-state index contributed by atoms with van der Waals surface area (Å²) in [4.78, 5) is 19.5. The second-order valence-electron chi connectivity index (χ2n) is 6.55. The summed E-state index contributed by atoms with van der Waals surface area (Å²) in [5.41, 5.74) is 4.28. The Labute approximate surface area is 145 Å². The molecule has 3 heterocycles. The average Bonchev–Trinajstić information content (AvgIpc) is 3.29. The zero-order chi connectivity index (χ0) is 16.5. The van der Waals surface area contributed by atoms with Crippen molar-refractivity contribution in [1.29, 1.82) is 0 Å². The fraction of sp³-hybridized carbons (Fsp3) is 0.625. The first-order valence-electron chi connectivity index (χ1n) is 8.57. The van der Waals surface area contributed by atoms with E-state index in [9.17, 15) is 4.79 Å². The Kier molecular flexibility index (Phi) is 4.32. The molecule has 0 saturated carbocycles. The second kappa shape index (κ2) is 6.60. The first-order valence-corrected chi connectivity index (χ1v) is 9.45. The van der Waals surface area contributed by atoms with Crippen molar-refractivity contribution in [2.24, 2.45) is 7.05 Å². The first kappa shape index (κ1) is 15.7. The van der Waals surface area contributed by atoms with Crippen LogP contribution in [0.3, 0.4) is 0 Å². The Bertz CT molecular complexity index is 725. The van der Waals surface area contributed by atoms with Crippen LogP contribution in [0.25, 0.3) is 0 Å². The molecule has 1 saturated heterocycles. The first-order chi connectivity index (χ1) is 11.7. The minimum absolute atomic E-state index is 0.0300. The van der Waals surface area contributed by atoms with Gasteiger partial charge in [0.15, 0.2) is 0 Å². The van der Waals surface area contributed by atoms with E-state index in [4.69, 9.17) is 4.98 Å². The van der Waals surface area contributed by atoms with Crippen molar-refractivity contribution in [1.82, 2.24) is 24.6 Å². The van der Waals surface area contributed by atoms with Crippen molar-refractivity contribution in [2.75, 3.05) is 18.4 Å². The summed E-state index contributed by atoms with van der Waals surface area (Å²) in [6.45, 7) is 1.31. The number of aryl methyl sites for hydroxylation is 1. The summed E-state index contributed by atoms with van der Waals surface area (Å²) in [5.74, 6) is 1.10. The molecule has 128 valence electrons. The Hall–Kier alpha value is -1.80. The normalized spacial score (nSPS) is 21.0. The third-order valence-corrected chi connectivity index (χ3v) is 5.63. The number of amides is 1. The van der Waals surface area contributed by atoms with Gasteiger partial charge in [-0.15, -0.1) is 10.2 Å². The van der Waals surface area contributed by atoms with Crippen LogP contribution in [0.1, 0.15) is 48.9 Å². The number of rotatable bonds is 4. The summed E-state index contributed by atoms with van der Waals surface area (Å²) >= 11 is 1.34. The highest BCUT2D eigenvalue weighted by molar-refractivity contribution is 7.13. The van der Waals surface area contributed by atoms with Gasteiger partial charge < -0.3 is 4.57 Å². The van der Waals surface area contributed by atoms with Gasteiger partial charge in [-0.2, -0.15) is 0 Å². The van der Waals surface area contributed by atoms with Crippen LogP contribution >= 0.6 is 11.3 Å². The molecule has 2 aromatic rings. The Morgan fingerprint density at radius 2 is 2.25 bits per heavy atom. The van der Waals surface area contributed by atoms with E-state index in [0.717, 1.165) is 38.1 Å². The maximum Gasteiger partial charge on any atom is 0.240 e. The van der Waals surface area contributed by atoms with Gasteiger partial charge in [-0.25, -0.2) is 4.98 Å². The number of imidazole rings is 1. The Morgan fingerprint density at radius 3 is 3.04 bits per heavy atom. The van der Waals surface area contributed by atoms with E-state index in [1.165, 1.54) is 35.6 Å². The summed E-state index contributed by atoms with van der Waals surface area (Å²) in [5, 5.41) is 11.0. The van der Waals surface area contributed by atoms with Crippen LogP contribution in [0.5, 0.6) is 0 Å². The van der Waals surface area contributed by atoms with E-state index < -0.39 is 0 Å². The van der Waals surface area contributed by atoms with Crippen molar-refractivity contribution in [3.63, 3.8) is 0 Å². The highest BCUT2D eigenvalue weighted by Crippen LogP contribution is 2.33. The van der Waals surface area contributed by atoms with Gasteiger partial charge in [0.1, 0.15) is 11.3 Å². The topological polar surface area (TPSA) is 75.9 Å². The highest BCUT2D eigenvalue weighted by Gasteiger charge is 2.32. The minimum Gasteiger partial charge on any atom is -0.334 e. The largest absolute Gasteiger partial charge is 0.334 e. The van der Waals surface area contributed by atoms with Crippen molar-refractivity contribution >= 4 is 22.4 Å². The number of hydrogen-bond acceptors (Lipinski definition) is 6. The van der Waals surface area contributed by atoms with Gasteiger partial charge in [-0.3, -0.25) is 15.0 Å². The lowest BCUT2D eigenvalue weighted by atomic mass is 10.0. The SMILES string of the molecule is Cn1c(C2CCCN2CC(=O)Nc2nncs2)nc2c1CCCC2. The standard InChI is InChI=1S/C16H22N6OS/c1-21-12-6-3-2-5-11(12)18-15(21)13-7-4-8-22(13)9-14(23)19-16-20-17-10-24-16/h10,13H,2-9H2,1H3,(H,19,20,23). The van der Waals surface area contributed by atoms with Crippen molar-refractivity contribution < 1.29 is 4.79 Å². The molecule has 0 spiro atoms. The van der Waals surface area contributed by atoms with Crippen molar-refractivity contribution in [3.8, 4) is 0 Å². The van der Waals surface area contributed by atoms with Gasteiger partial charge in [-0.05, 0) is 45.1 Å². The van der Waals surface area contributed by atoms with E-state index in [1.54, 1.807) is 5.51 Å². The molecule has 0 radical (unpaired) electrons. The number of nitrogens with one attached hydrogen (secondary N) is 1. The number of fused-ring (bicyclic) bond motifs is 1. The van der Waals surface area contributed by atoms with E-state index >= 15 is 0 Å². The quantitative estimate of drug-likeness (QED) is 0.915. The molecule has 1 aliphatic heterocycles. The molecule has 1 fully saturated rings. The van der Waals surface area contributed by atoms with Gasteiger partial charge in [0, 0.05) is 12.7 Å². The van der Waals surface area contributed by atoms with Gasteiger partial charge >= 0.3 is 0 Å². The smallest absolute Gasteiger partial charge is 0.240 e. The molecular formula is C16H22N6OS. The maximum absolute atomic E-state index is 12.3. The maximum atomic E-state index is 12.3. The zero-order valence-corrected chi connectivity index (χ0v) is 14.7. The van der Waals surface area contributed by atoms with Crippen LogP contribution in [0.2, 0.25) is 0 Å². The van der Waals surface area contributed by atoms with E-state index in [-0.39, 0.29) is 11.9 Å². The molecule has 0 bridgehead atoms. The molecule has 0 aromatic carbocycles. The third kappa shape index (κ3) is 2.95. The molecule has 2 aromatic heterocycles. The molecule has 4 rings (SSSR count). The van der Waals surface area contributed by atoms with Crippen molar-refractivity contribution in [3.05, 3.63) is 22.7 Å². The summed E-state index contributed by atoms with van der Waals surface area (Å²) in [6, 6.07) is 0.237. The van der Waals surface area contributed by atoms with Gasteiger partial charge in [0.05, 0.1) is 18.3 Å². The molecule has 1 amide bonds. The Balaban J connectivity index is 1.49. The predicted molar refractivity (Wildman–Crippen MR) is 91.9 cm³/mol. The number of aromatic nitrogens is 4. The number of carbonyl (C=O) groups is 1. The Morgan fingerprint density at radius 1 is 1.38 bits per heavy atom. The number of nitrogens with zero attached hydrogens (tertiary/aromatic N) is 5. The van der Waals surface area contributed by atoms with Gasteiger partial charge in [0.2, 0.25) is 11.0 Å². The fourth-order valence-electron chi connectivity index (χ4n) is 3.88. The van der Waals surface area contributed by atoms with Crippen molar-refractivity contribution in [2.45, 2.75) is 44.6 Å². The van der Waals surface area contributed by atoms with Crippen LogP contribution in [-0.4, -0.2) is 43.6 Å². The van der Waals surface area contributed by atoms with E-state index in [0.29, 0.717) is 11.7 Å². The average molecular weight is 346 g/mol. The number of hydrogen-bond donors (Lipinski definition) is 1. The summed E-state index contributed by atoms with van der Waals surface area (Å²) in [7, 11) is 2.13. The van der Waals surface area contributed by atoms with Gasteiger partial charge in [-0.1, -0.05) is 11.3 Å². The molecular weight excluding hydrogens is 324 g/mol. The molecule has 1 atom stereocenters. The molecule has 1 N–H and O–H groups in total. The lowest BCUT2D eigenvalue weighted by Crippen LogP contribution is -2.33. The highest BCUT2D eigenvalue weighted by atomic mass is 32.1. The van der Waals surface area contributed by atoms with Crippen LogP contribution in [0.15, 0.2) is 5.51 Å². The molecule has 8 heteroatoms. The lowest BCUT2D eigenvalue weighted by molar-refractivity contribution is -0.117. The second-order valence-corrected chi connectivity index (χ2v) is 7.38. The van der Waals surface area contributed by atoms with Crippen LogP contribution in [0.4, 0.5) is 5.13 Å².